The number of benzene rings is 2. The molecule has 2 aromatic carbocycles. The third-order valence-electron chi connectivity index (χ3n) is 3.73. The SMILES string of the molecule is CC(=O)NC1=NC(=O)/C(=C\c2cc(Br)cc(Br)c2OCc2ccc(C)cc2)S1. The van der Waals surface area contributed by atoms with Crippen molar-refractivity contribution in [2.45, 2.75) is 20.5 Å². The zero-order valence-electron chi connectivity index (χ0n) is 15.1. The van der Waals surface area contributed by atoms with Gasteiger partial charge in [-0.3, -0.25) is 9.59 Å². The highest BCUT2D eigenvalue weighted by atomic mass is 79.9. The zero-order valence-corrected chi connectivity index (χ0v) is 19.1. The Morgan fingerprint density at radius 1 is 1.25 bits per heavy atom. The van der Waals surface area contributed by atoms with Gasteiger partial charge in [0.25, 0.3) is 5.91 Å². The van der Waals surface area contributed by atoms with Gasteiger partial charge in [0.2, 0.25) is 5.91 Å². The van der Waals surface area contributed by atoms with Gasteiger partial charge in [-0.25, -0.2) is 0 Å². The minimum Gasteiger partial charge on any atom is -0.487 e. The molecule has 1 N–H and O–H groups in total. The van der Waals surface area contributed by atoms with Gasteiger partial charge in [0.15, 0.2) is 5.17 Å². The third kappa shape index (κ3) is 5.33. The first-order valence-electron chi connectivity index (χ1n) is 8.29. The lowest BCUT2D eigenvalue weighted by molar-refractivity contribution is -0.117. The predicted octanol–water partition coefficient (Wildman–Crippen LogP) is 5.21. The second-order valence-electron chi connectivity index (χ2n) is 6.09. The van der Waals surface area contributed by atoms with E-state index in [1.165, 1.54) is 12.5 Å². The van der Waals surface area contributed by atoms with Crippen molar-refractivity contribution in [1.82, 2.24) is 5.32 Å². The van der Waals surface area contributed by atoms with Crippen molar-refractivity contribution in [3.8, 4) is 5.75 Å². The first-order valence-corrected chi connectivity index (χ1v) is 10.7. The predicted molar refractivity (Wildman–Crippen MR) is 119 cm³/mol. The Kier molecular flexibility index (Phi) is 6.74. The van der Waals surface area contributed by atoms with Crippen LogP contribution in [0.25, 0.3) is 6.08 Å². The molecule has 0 atom stereocenters. The number of hydrogen-bond acceptors (Lipinski definition) is 4. The Labute approximate surface area is 183 Å². The van der Waals surface area contributed by atoms with Gasteiger partial charge in [0.05, 0.1) is 9.38 Å². The smallest absolute Gasteiger partial charge is 0.286 e. The molecule has 0 aromatic heterocycles. The molecular formula is C20H16Br2N2O3S. The number of thioether (sulfide) groups is 1. The van der Waals surface area contributed by atoms with Gasteiger partial charge in [-0.05, 0) is 58.4 Å². The number of nitrogens with zero attached hydrogens (tertiary/aromatic N) is 1. The maximum absolute atomic E-state index is 12.2. The van der Waals surface area contributed by atoms with Crippen LogP contribution in [-0.4, -0.2) is 17.0 Å². The van der Waals surface area contributed by atoms with Gasteiger partial charge in [0.1, 0.15) is 12.4 Å². The fraction of sp³-hybridized carbons (Fsp3) is 0.150. The fourth-order valence-electron chi connectivity index (χ4n) is 2.43. The van der Waals surface area contributed by atoms with Gasteiger partial charge in [-0.1, -0.05) is 45.8 Å². The minimum atomic E-state index is -0.394. The van der Waals surface area contributed by atoms with Gasteiger partial charge < -0.3 is 10.1 Å². The molecule has 144 valence electrons. The average Bonchev–Trinajstić information content (AvgIpc) is 2.94. The summed E-state index contributed by atoms with van der Waals surface area (Å²) in [6, 6.07) is 11.9. The van der Waals surface area contributed by atoms with E-state index in [2.05, 4.69) is 42.2 Å². The fourth-order valence-corrected chi connectivity index (χ4v) is 4.66. The van der Waals surface area contributed by atoms with E-state index in [9.17, 15) is 9.59 Å². The van der Waals surface area contributed by atoms with E-state index in [0.717, 1.165) is 31.8 Å². The average molecular weight is 524 g/mol. The van der Waals surface area contributed by atoms with Crippen LogP contribution >= 0.6 is 43.6 Å². The molecule has 0 fully saturated rings. The van der Waals surface area contributed by atoms with E-state index in [4.69, 9.17) is 4.74 Å². The molecule has 0 radical (unpaired) electrons. The van der Waals surface area contributed by atoms with Crippen LogP contribution in [0.3, 0.4) is 0 Å². The first kappa shape index (κ1) is 20.8. The first-order chi connectivity index (χ1) is 13.3. The Hall–Kier alpha value is -1.90. The number of carbonyl (C=O) groups is 2. The van der Waals surface area contributed by atoms with E-state index in [1.807, 2.05) is 43.3 Å². The molecule has 2 amide bonds. The molecule has 1 aliphatic rings. The summed E-state index contributed by atoms with van der Waals surface area (Å²) in [7, 11) is 0. The number of hydrogen-bond donors (Lipinski definition) is 1. The Morgan fingerprint density at radius 3 is 2.64 bits per heavy atom. The number of amides is 2. The quantitative estimate of drug-likeness (QED) is 0.559. The molecule has 0 spiro atoms. The number of ether oxygens (including phenoxy) is 1. The summed E-state index contributed by atoms with van der Waals surface area (Å²) in [5, 5.41) is 2.82. The number of halogens is 2. The summed E-state index contributed by atoms with van der Waals surface area (Å²) in [5.41, 5.74) is 2.95. The normalized spacial score (nSPS) is 14.9. The Morgan fingerprint density at radius 2 is 1.96 bits per heavy atom. The molecule has 28 heavy (non-hydrogen) atoms. The van der Waals surface area contributed by atoms with Crippen LogP contribution < -0.4 is 10.1 Å². The number of aliphatic imine (C=N–C) groups is 1. The molecule has 0 saturated carbocycles. The zero-order chi connectivity index (χ0) is 20.3. The molecule has 0 saturated heterocycles. The summed E-state index contributed by atoms with van der Waals surface area (Å²) in [5.74, 6) is -0.0420. The van der Waals surface area contributed by atoms with Crippen LogP contribution in [0.4, 0.5) is 0 Å². The molecule has 2 aromatic rings. The highest BCUT2D eigenvalue weighted by molar-refractivity contribution is 9.11. The summed E-state index contributed by atoms with van der Waals surface area (Å²) < 4.78 is 7.65. The Balaban J connectivity index is 1.86. The third-order valence-corrected chi connectivity index (χ3v) is 5.68. The van der Waals surface area contributed by atoms with Crippen molar-refractivity contribution >= 4 is 66.7 Å². The summed E-state index contributed by atoms with van der Waals surface area (Å²) >= 11 is 8.12. The van der Waals surface area contributed by atoms with Crippen LogP contribution in [0.1, 0.15) is 23.6 Å². The van der Waals surface area contributed by atoms with Crippen molar-refractivity contribution in [2.75, 3.05) is 0 Å². The van der Waals surface area contributed by atoms with Crippen molar-refractivity contribution in [3.63, 3.8) is 0 Å². The number of aryl methyl sites for hydroxylation is 1. The maximum atomic E-state index is 12.2. The topological polar surface area (TPSA) is 67.8 Å². The van der Waals surface area contributed by atoms with Crippen molar-refractivity contribution in [3.05, 3.63) is 66.9 Å². The van der Waals surface area contributed by atoms with Crippen molar-refractivity contribution in [1.29, 1.82) is 0 Å². The van der Waals surface area contributed by atoms with Crippen LogP contribution in [0, 0.1) is 6.92 Å². The lowest BCUT2D eigenvalue weighted by atomic mass is 10.1. The standard InChI is InChI=1S/C20H16Br2N2O3S/c1-11-3-5-13(6-4-11)10-27-18-14(7-15(21)9-16(18)22)8-17-19(26)24-20(28-17)23-12(2)25/h3-9H,10H2,1-2H3,(H,23,24,25,26)/b17-8+. The van der Waals surface area contributed by atoms with Gasteiger partial charge in [0, 0.05) is 17.0 Å². The van der Waals surface area contributed by atoms with Crippen LogP contribution in [0.5, 0.6) is 5.75 Å². The van der Waals surface area contributed by atoms with Crippen molar-refractivity contribution in [2.24, 2.45) is 4.99 Å². The summed E-state index contributed by atoms with van der Waals surface area (Å²) in [6.07, 6.45) is 1.71. The summed E-state index contributed by atoms with van der Waals surface area (Å²) in [6.45, 7) is 3.80. The molecule has 0 bridgehead atoms. The van der Waals surface area contributed by atoms with E-state index >= 15 is 0 Å². The van der Waals surface area contributed by atoms with E-state index in [0.29, 0.717) is 17.3 Å². The molecule has 5 nitrogen and oxygen atoms in total. The minimum absolute atomic E-state index is 0.271. The number of rotatable bonds is 4. The molecule has 1 heterocycles. The van der Waals surface area contributed by atoms with E-state index in [1.54, 1.807) is 6.08 Å². The van der Waals surface area contributed by atoms with Gasteiger partial charge in [-0.15, -0.1) is 0 Å². The monoisotopic (exact) mass is 522 g/mol. The van der Waals surface area contributed by atoms with Crippen molar-refractivity contribution < 1.29 is 14.3 Å². The molecule has 3 rings (SSSR count). The molecular weight excluding hydrogens is 508 g/mol. The highest BCUT2D eigenvalue weighted by Gasteiger charge is 2.23. The van der Waals surface area contributed by atoms with Crippen LogP contribution in [0.15, 0.2) is 55.2 Å². The second-order valence-corrected chi connectivity index (χ2v) is 8.89. The highest BCUT2D eigenvalue weighted by Crippen LogP contribution is 2.37. The maximum Gasteiger partial charge on any atom is 0.286 e. The number of nitrogens with one attached hydrogen (secondary N) is 1. The largest absolute Gasteiger partial charge is 0.487 e. The molecule has 1 aliphatic heterocycles. The number of amidine groups is 1. The van der Waals surface area contributed by atoms with E-state index < -0.39 is 5.91 Å². The molecule has 0 aliphatic carbocycles. The van der Waals surface area contributed by atoms with Gasteiger partial charge in [-0.2, -0.15) is 4.99 Å². The van der Waals surface area contributed by atoms with Crippen LogP contribution in [0.2, 0.25) is 0 Å². The molecule has 0 unspecified atom stereocenters. The van der Waals surface area contributed by atoms with Crippen LogP contribution in [-0.2, 0) is 16.2 Å². The molecule has 8 heteroatoms. The lowest BCUT2D eigenvalue weighted by Gasteiger charge is -2.13. The van der Waals surface area contributed by atoms with E-state index in [-0.39, 0.29) is 11.1 Å². The lowest BCUT2D eigenvalue weighted by Crippen LogP contribution is -2.23. The Bertz CT molecular complexity index is 1000. The summed E-state index contributed by atoms with van der Waals surface area (Å²) in [4.78, 5) is 27.6. The number of carbonyl (C=O) groups excluding carboxylic acids is 2. The van der Waals surface area contributed by atoms with Gasteiger partial charge >= 0.3 is 0 Å². The second kappa shape index (κ2) is 9.07.